The fourth-order valence-electron chi connectivity index (χ4n) is 7.99. The van der Waals surface area contributed by atoms with Crippen LogP contribution in [0.25, 0.3) is 0 Å². The van der Waals surface area contributed by atoms with Crippen molar-refractivity contribution in [3.63, 3.8) is 0 Å². The molecule has 0 aromatic carbocycles. The minimum Gasteiger partial charge on any atom is -0.463 e. The number of hydrogen-bond acceptors (Lipinski definition) is 20. The third-order valence-corrected chi connectivity index (χ3v) is 12.9. The third-order valence-electron chi connectivity index (χ3n) is 12.9. The molecule has 20 nitrogen and oxygen atoms in total. The second kappa shape index (κ2) is 37.1. The number of carbonyl (C=O) groups excluding carboxylic acids is 6. The SMILES string of the molecule is CC(C)=C(/C=C/C(C)=C/C=C/C(C)=C/C=C/C=C(C)/C=C/C=C(C)/C=C/CC1=CC(=O)C(OC(=O)CCC(=O)OCC(O)C(O)C(O)C(O)CO)CC1(C)C)C(C)(C)CC(C=O)OC(=O)CCC(=O)OCC(O)C(O)C(O)C(O)CO. The number of allylic oxidation sites excluding steroid dienone is 21. The summed E-state index contributed by atoms with van der Waals surface area (Å²) < 4.78 is 20.4. The van der Waals surface area contributed by atoms with Gasteiger partial charge in [-0.1, -0.05) is 146 Å². The molecule has 0 saturated heterocycles. The van der Waals surface area contributed by atoms with Crippen LogP contribution in [0.5, 0.6) is 0 Å². The number of aliphatic hydroxyl groups is 10. The molecule has 81 heavy (non-hydrogen) atoms. The second-order valence-corrected chi connectivity index (χ2v) is 21.5. The minimum atomic E-state index is -1.92. The highest BCUT2D eigenvalue weighted by Crippen LogP contribution is 2.39. The average Bonchev–Trinajstić information content (AvgIpc) is 3.40. The van der Waals surface area contributed by atoms with E-state index in [1.165, 1.54) is 6.08 Å². The van der Waals surface area contributed by atoms with Crippen LogP contribution in [0.2, 0.25) is 0 Å². The molecule has 10 N–H and O–H groups in total. The number of aldehydes is 1. The summed E-state index contributed by atoms with van der Waals surface area (Å²) in [5.74, 6) is -3.81. The highest BCUT2D eigenvalue weighted by atomic mass is 16.6. The maximum absolute atomic E-state index is 13.0. The van der Waals surface area contributed by atoms with Gasteiger partial charge in [0.2, 0.25) is 0 Å². The van der Waals surface area contributed by atoms with Crippen LogP contribution < -0.4 is 0 Å². The van der Waals surface area contributed by atoms with Gasteiger partial charge in [0.15, 0.2) is 24.3 Å². The van der Waals surface area contributed by atoms with Crippen LogP contribution in [-0.2, 0) is 47.7 Å². The van der Waals surface area contributed by atoms with E-state index in [2.05, 4.69) is 0 Å². The van der Waals surface area contributed by atoms with Crippen LogP contribution in [0.4, 0.5) is 0 Å². The third kappa shape index (κ3) is 28.5. The first-order chi connectivity index (χ1) is 37.9. The predicted molar refractivity (Wildman–Crippen MR) is 302 cm³/mol. The predicted octanol–water partition coefficient (Wildman–Crippen LogP) is 4.16. The molecule has 10 atom stereocenters. The Labute approximate surface area is 475 Å². The summed E-state index contributed by atoms with van der Waals surface area (Å²) in [6, 6.07) is 0. The summed E-state index contributed by atoms with van der Waals surface area (Å²) in [5.41, 5.74) is 5.68. The van der Waals surface area contributed by atoms with Crippen LogP contribution in [-0.4, -0.2) is 174 Å². The minimum absolute atomic E-state index is 0.154. The lowest BCUT2D eigenvalue weighted by Crippen LogP contribution is -2.47. The van der Waals surface area contributed by atoms with E-state index in [0.717, 1.165) is 39.0 Å². The molecular formula is C61H88O20. The topological polar surface area (TPSA) is 342 Å². The van der Waals surface area contributed by atoms with E-state index in [4.69, 9.17) is 29.2 Å². The number of ketones is 1. The van der Waals surface area contributed by atoms with Crippen LogP contribution in [0.3, 0.4) is 0 Å². The molecule has 0 aromatic heterocycles. The molecule has 0 heterocycles. The molecule has 0 saturated carbocycles. The first-order valence-corrected chi connectivity index (χ1v) is 26.7. The van der Waals surface area contributed by atoms with Crippen LogP contribution in [0, 0.1) is 10.8 Å². The lowest BCUT2D eigenvalue weighted by atomic mass is 9.73. The highest BCUT2D eigenvalue weighted by Gasteiger charge is 2.38. The van der Waals surface area contributed by atoms with Crippen molar-refractivity contribution < 1.29 is 98.8 Å². The standard InChI is InChI=1S/C61H88O20/c1-38(2)45(61(9,10)31-44(33-62)80-54(72)28-26-52(70)78-36-49(68)58(76)56(74)47(66)34-63)25-24-42(6)21-14-19-40(4)17-12-11-16-39(3)18-13-20-41(5)22-15-23-43-30-46(65)51(32-60(43,7)8)81-55(73)29-27-53(71)79-37-50(69)59(77)57(75)48(67)35-64/h11-22,24-25,30,33,44,47-51,56-59,63-64,66-69,74-77H,23,26-29,31-32,34-37H2,1-10H3/b12-11+,18-13+,19-14+,22-15+,25-24+,39-16+,40-17+,41-20+,42-21+. The Morgan fingerprint density at radius 1 is 0.605 bits per heavy atom. The molecule has 10 unspecified atom stereocenters. The van der Waals surface area contributed by atoms with E-state index >= 15 is 0 Å². The van der Waals surface area contributed by atoms with Gasteiger partial charge in [-0.05, 0) is 70.4 Å². The van der Waals surface area contributed by atoms with Gasteiger partial charge in [0, 0.05) is 12.8 Å². The van der Waals surface area contributed by atoms with Crippen molar-refractivity contribution in [2.24, 2.45) is 10.8 Å². The van der Waals surface area contributed by atoms with E-state index in [0.29, 0.717) is 12.7 Å². The molecule has 0 fully saturated rings. The molecule has 1 aliphatic carbocycles. The Morgan fingerprint density at radius 3 is 1.48 bits per heavy atom. The monoisotopic (exact) mass is 1140 g/mol. The number of aliphatic hydroxyl groups excluding tert-OH is 10. The van der Waals surface area contributed by atoms with Crippen molar-refractivity contribution in [2.75, 3.05) is 26.4 Å². The molecular weight excluding hydrogens is 1050 g/mol. The molecule has 20 heteroatoms. The molecule has 0 amide bonds. The van der Waals surface area contributed by atoms with Crippen LogP contribution in [0.15, 0.2) is 130 Å². The van der Waals surface area contributed by atoms with Crippen LogP contribution >= 0.6 is 0 Å². The molecule has 0 spiro atoms. The number of carbonyl (C=O) groups is 6. The summed E-state index contributed by atoms with van der Waals surface area (Å²) in [6.07, 6.45) is 11.9. The van der Waals surface area contributed by atoms with E-state index in [1.54, 1.807) is 0 Å². The molecule has 0 aromatic rings. The fraction of sp³-hybridized carbons (Fsp3) is 0.541. The van der Waals surface area contributed by atoms with Crippen molar-refractivity contribution in [1.29, 1.82) is 0 Å². The van der Waals surface area contributed by atoms with Gasteiger partial charge in [-0.2, -0.15) is 0 Å². The molecule has 1 rings (SSSR count). The summed E-state index contributed by atoms with van der Waals surface area (Å²) >= 11 is 0. The summed E-state index contributed by atoms with van der Waals surface area (Å²) in [5, 5.41) is 95.5. The summed E-state index contributed by atoms with van der Waals surface area (Å²) in [4.78, 5) is 74.3. The van der Waals surface area contributed by atoms with Crippen LogP contribution in [0.1, 0.15) is 114 Å². The van der Waals surface area contributed by atoms with Gasteiger partial charge >= 0.3 is 23.9 Å². The number of ether oxygens (including phenoxy) is 4. The van der Waals surface area contributed by atoms with E-state index in [9.17, 15) is 69.6 Å². The normalized spacial score (nSPS) is 19.2. The summed E-state index contributed by atoms with van der Waals surface area (Å²) in [7, 11) is 0. The first kappa shape index (κ1) is 73.0. The Bertz CT molecular complexity index is 2420. The van der Waals surface area contributed by atoms with Gasteiger partial charge in [0.1, 0.15) is 62.0 Å². The highest BCUT2D eigenvalue weighted by molar-refractivity contribution is 5.97. The molecule has 1 aliphatic rings. The lowest BCUT2D eigenvalue weighted by Gasteiger charge is -2.34. The Kier molecular flexibility index (Phi) is 33.5. The van der Waals surface area contributed by atoms with E-state index in [1.807, 2.05) is 154 Å². The van der Waals surface area contributed by atoms with Crippen molar-refractivity contribution >= 4 is 35.9 Å². The Balaban J connectivity index is 2.70. The molecule has 0 bridgehead atoms. The zero-order chi connectivity index (χ0) is 61.6. The second-order valence-electron chi connectivity index (χ2n) is 21.5. The quantitative estimate of drug-likeness (QED) is 0.0184. The van der Waals surface area contributed by atoms with E-state index in [-0.39, 0.29) is 18.6 Å². The van der Waals surface area contributed by atoms with Crippen molar-refractivity contribution in [2.45, 2.75) is 175 Å². The molecule has 452 valence electrons. The Morgan fingerprint density at radius 2 is 1.02 bits per heavy atom. The van der Waals surface area contributed by atoms with Crippen molar-refractivity contribution in [3.8, 4) is 0 Å². The van der Waals surface area contributed by atoms with Gasteiger partial charge in [0.25, 0.3) is 0 Å². The van der Waals surface area contributed by atoms with Gasteiger partial charge in [-0.3, -0.25) is 28.8 Å². The van der Waals surface area contributed by atoms with Gasteiger partial charge in [0.05, 0.1) is 38.9 Å². The van der Waals surface area contributed by atoms with E-state index < -0.39 is 148 Å². The number of esters is 4. The average molecular weight is 1140 g/mol. The first-order valence-electron chi connectivity index (χ1n) is 26.7. The fourth-order valence-corrected chi connectivity index (χ4v) is 7.99. The Hall–Kier alpha value is -6.04. The zero-order valence-corrected chi connectivity index (χ0v) is 48.3. The van der Waals surface area contributed by atoms with Gasteiger partial charge < -0.3 is 70.0 Å². The number of rotatable bonds is 35. The largest absolute Gasteiger partial charge is 0.463 e. The number of hydrogen-bond donors (Lipinski definition) is 10. The van der Waals surface area contributed by atoms with Crippen molar-refractivity contribution in [1.82, 2.24) is 0 Å². The van der Waals surface area contributed by atoms with Crippen molar-refractivity contribution in [3.05, 3.63) is 130 Å². The lowest BCUT2D eigenvalue weighted by molar-refractivity contribution is -0.161. The zero-order valence-electron chi connectivity index (χ0n) is 48.3. The smallest absolute Gasteiger partial charge is 0.307 e. The maximum atomic E-state index is 13.0. The summed E-state index contributed by atoms with van der Waals surface area (Å²) in [6.45, 7) is 16.3. The maximum Gasteiger partial charge on any atom is 0.307 e. The molecule has 0 aliphatic heterocycles. The molecule has 0 radical (unpaired) electrons. The van der Waals surface area contributed by atoms with Gasteiger partial charge in [-0.25, -0.2) is 0 Å². The van der Waals surface area contributed by atoms with Gasteiger partial charge in [-0.15, -0.1) is 0 Å².